The van der Waals surface area contributed by atoms with Crippen molar-refractivity contribution in [3.8, 4) is 0 Å². The molecule has 0 aromatic carbocycles. The van der Waals surface area contributed by atoms with Gasteiger partial charge >= 0.3 is 0 Å². The van der Waals surface area contributed by atoms with E-state index >= 15 is 0 Å². The first-order valence-corrected chi connectivity index (χ1v) is 7.10. The lowest BCUT2D eigenvalue weighted by atomic mass is 10.3. The molecule has 2 rings (SSSR count). The minimum atomic E-state index is -0.00394. The van der Waals surface area contributed by atoms with Gasteiger partial charge in [-0.1, -0.05) is 6.07 Å². The first-order valence-electron chi connectivity index (χ1n) is 6.22. The number of amides is 1. The molecule has 19 heavy (non-hydrogen) atoms. The first-order chi connectivity index (χ1) is 9.27. The van der Waals surface area contributed by atoms with Gasteiger partial charge in [-0.3, -0.25) is 4.79 Å². The number of carbonyl (C=O) groups is 1. The fourth-order valence-electron chi connectivity index (χ4n) is 1.64. The maximum atomic E-state index is 11.6. The predicted molar refractivity (Wildman–Crippen MR) is 74.2 cm³/mol. The van der Waals surface area contributed by atoms with E-state index in [0.717, 1.165) is 17.8 Å². The molecule has 2 heterocycles. The Labute approximate surface area is 116 Å². The zero-order valence-corrected chi connectivity index (χ0v) is 11.6. The third-order valence-electron chi connectivity index (χ3n) is 2.66. The van der Waals surface area contributed by atoms with Crippen LogP contribution in [0.1, 0.15) is 34.9 Å². The molecule has 1 amide bonds. The van der Waals surface area contributed by atoms with Crippen LogP contribution in [0.3, 0.4) is 0 Å². The summed E-state index contributed by atoms with van der Waals surface area (Å²) >= 11 is 1.45. The molecule has 0 radical (unpaired) electrons. The van der Waals surface area contributed by atoms with Gasteiger partial charge < -0.3 is 15.1 Å². The number of oxazole rings is 1. The zero-order valence-electron chi connectivity index (χ0n) is 10.8. The molecule has 0 saturated heterocycles. The summed E-state index contributed by atoms with van der Waals surface area (Å²) in [5, 5.41) is 8.07. The normalized spacial score (nSPS) is 12.3. The quantitative estimate of drug-likeness (QED) is 0.763. The summed E-state index contributed by atoms with van der Waals surface area (Å²) in [5.74, 6) is 0.679. The monoisotopic (exact) mass is 279 g/mol. The van der Waals surface area contributed by atoms with Gasteiger partial charge in [-0.05, 0) is 31.3 Å². The highest BCUT2D eigenvalue weighted by atomic mass is 32.1. The fraction of sp³-hybridized carbons (Fsp3) is 0.385. The molecule has 2 N–H and O–H groups in total. The molecule has 1 atom stereocenters. The summed E-state index contributed by atoms with van der Waals surface area (Å²) in [4.78, 5) is 16.5. The van der Waals surface area contributed by atoms with Crippen LogP contribution in [-0.4, -0.2) is 24.0 Å². The van der Waals surface area contributed by atoms with E-state index in [0.29, 0.717) is 12.4 Å². The second-order valence-corrected chi connectivity index (χ2v) is 5.08. The van der Waals surface area contributed by atoms with Crippen LogP contribution in [0.15, 0.2) is 34.4 Å². The number of nitrogens with zero attached hydrogens (tertiary/aromatic N) is 1. The Morgan fingerprint density at radius 2 is 2.42 bits per heavy atom. The van der Waals surface area contributed by atoms with Crippen molar-refractivity contribution in [3.05, 3.63) is 40.7 Å². The van der Waals surface area contributed by atoms with Gasteiger partial charge in [0.25, 0.3) is 5.91 Å². The van der Waals surface area contributed by atoms with Crippen LogP contribution in [-0.2, 0) is 0 Å². The number of aromatic nitrogens is 1. The number of rotatable bonds is 7. The largest absolute Gasteiger partial charge is 0.447 e. The smallest absolute Gasteiger partial charge is 0.261 e. The molecule has 6 heteroatoms. The number of nitrogens with one attached hydrogen (secondary N) is 2. The maximum absolute atomic E-state index is 11.6. The second kappa shape index (κ2) is 7.06. The lowest BCUT2D eigenvalue weighted by Gasteiger charge is -2.10. The molecular formula is C13H17N3O2S. The van der Waals surface area contributed by atoms with Crippen molar-refractivity contribution < 1.29 is 9.21 Å². The molecule has 2 aromatic heterocycles. The van der Waals surface area contributed by atoms with Crippen LogP contribution < -0.4 is 10.6 Å². The SMILES string of the molecule is CC(NCCCNC(=O)c1cccs1)c1ncco1. The highest BCUT2D eigenvalue weighted by Gasteiger charge is 2.08. The third kappa shape index (κ3) is 4.18. The van der Waals surface area contributed by atoms with Crippen LogP contribution in [0, 0.1) is 0 Å². The number of hydrogen-bond donors (Lipinski definition) is 2. The lowest BCUT2D eigenvalue weighted by molar-refractivity contribution is 0.0957. The van der Waals surface area contributed by atoms with E-state index < -0.39 is 0 Å². The third-order valence-corrected chi connectivity index (χ3v) is 3.53. The van der Waals surface area contributed by atoms with Gasteiger partial charge in [0.1, 0.15) is 6.26 Å². The summed E-state index contributed by atoms with van der Waals surface area (Å²) in [6.45, 7) is 3.45. The van der Waals surface area contributed by atoms with Gasteiger partial charge in [0.2, 0.25) is 5.89 Å². The minimum Gasteiger partial charge on any atom is -0.447 e. The Kier molecular flexibility index (Phi) is 5.11. The number of carbonyl (C=O) groups excluding carboxylic acids is 1. The number of thiophene rings is 1. The van der Waals surface area contributed by atoms with E-state index in [2.05, 4.69) is 15.6 Å². The zero-order chi connectivity index (χ0) is 13.5. The van der Waals surface area contributed by atoms with Crippen LogP contribution in [0.4, 0.5) is 0 Å². The van der Waals surface area contributed by atoms with Crippen LogP contribution >= 0.6 is 11.3 Å². The molecule has 2 aromatic rings. The Hall–Kier alpha value is -1.66. The Bertz CT molecular complexity index is 482. The first kappa shape index (κ1) is 13.8. The average Bonchev–Trinajstić information content (AvgIpc) is 3.10. The van der Waals surface area contributed by atoms with Crippen molar-refractivity contribution >= 4 is 17.2 Å². The maximum Gasteiger partial charge on any atom is 0.261 e. The summed E-state index contributed by atoms with van der Waals surface area (Å²) in [5.41, 5.74) is 0. The lowest BCUT2D eigenvalue weighted by Crippen LogP contribution is -2.27. The van der Waals surface area contributed by atoms with Crippen molar-refractivity contribution in [1.82, 2.24) is 15.6 Å². The van der Waals surface area contributed by atoms with E-state index in [1.54, 1.807) is 12.5 Å². The van der Waals surface area contributed by atoms with Gasteiger partial charge in [0.05, 0.1) is 17.1 Å². The molecule has 1 unspecified atom stereocenters. The minimum absolute atomic E-state index is 0.00394. The highest BCUT2D eigenvalue weighted by molar-refractivity contribution is 7.12. The summed E-state index contributed by atoms with van der Waals surface area (Å²) in [7, 11) is 0. The van der Waals surface area contributed by atoms with Crippen molar-refractivity contribution in [3.63, 3.8) is 0 Å². The van der Waals surface area contributed by atoms with Crippen LogP contribution in [0.25, 0.3) is 0 Å². The van der Waals surface area contributed by atoms with Gasteiger partial charge in [0, 0.05) is 6.54 Å². The molecule has 0 aliphatic rings. The van der Waals surface area contributed by atoms with E-state index in [9.17, 15) is 4.79 Å². The molecule has 0 spiro atoms. The van der Waals surface area contributed by atoms with Crippen LogP contribution in [0.5, 0.6) is 0 Å². The Morgan fingerprint density at radius 3 is 3.11 bits per heavy atom. The van der Waals surface area contributed by atoms with Gasteiger partial charge in [-0.15, -0.1) is 11.3 Å². The van der Waals surface area contributed by atoms with Gasteiger partial charge in [-0.2, -0.15) is 0 Å². The fourth-order valence-corrected chi connectivity index (χ4v) is 2.28. The van der Waals surface area contributed by atoms with E-state index in [4.69, 9.17) is 4.42 Å². The Morgan fingerprint density at radius 1 is 1.53 bits per heavy atom. The van der Waals surface area contributed by atoms with Crippen molar-refractivity contribution in [2.75, 3.05) is 13.1 Å². The molecule has 0 aliphatic carbocycles. The van der Waals surface area contributed by atoms with Crippen LogP contribution in [0.2, 0.25) is 0 Å². The molecule has 0 saturated carbocycles. The highest BCUT2D eigenvalue weighted by Crippen LogP contribution is 2.08. The van der Waals surface area contributed by atoms with E-state index in [1.165, 1.54) is 11.3 Å². The summed E-state index contributed by atoms with van der Waals surface area (Å²) in [6, 6.07) is 3.78. The molecule has 0 fully saturated rings. The van der Waals surface area contributed by atoms with E-state index in [-0.39, 0.29) is 11.9 Å². The molecule has 0 bridgehead atoms. The summed E-state index contributed by atoms with van der Waals surface area (Å²) in [6.07, 6.45) is 4.06. The molecule has 5 nitrogen and oxygen atoms in total. The summed E-state index contributed by atoms with van der Waals surface area (Å²) < 4.78 is 5.20. The van der Waals surface area contributed by atoms with Crippen molar-refractivity contribution in [1.29, 1.82) is 0 Å². The topological polar surface area (TPSA) is 67.2 Å². The van der Waals surface area contributed by atoms with Gasteiger partial charge in [-0.25, -0.2) is 4.98 Å². The standard InChI is InChI=1S/C13H17N3O2S/c1-10(13-16-7-8-18-13)14-5-3-6-15-12(17)11-4-2-9-19-11/h2,4,7-10,14H,3,5-6H2,1H3,(H,15,17). The van der Waals surface area contributed by atoms with Gasteiger partial charge in [0.15, 0.2) is 0 Å². The van der Waals surface area contributed by atoms with Crippen molar-refractivity contribution in [2.45, 2.75) is 19.4 Å². The number of hydrogen-bond acceptors (Lipinski definition) is 5. The second-order valence-electron chi connectivity index (χ2n) is 4.13. The van der Waals surface area contributed by atoms with Crippen molar-refractivity contribution in [2.24, 2.45) is 0 Å². The van der Waals surface area contributed by atoms with E-state index in [1.807, 2.05) is 24.4 Å². The average molecular weight is 279 g/mol. The predicted octanol–water partition coefficient (Wildman–Crippen LogP) is 2.21. The molecule has 0 aliphatic heterocycles. The molecular weight excluding hydrogens is 262 g/mol. The molecule has 102 valence electrons. The Balaban J connectivity index is 1.59.